The average molecular weight is 363 g/mol. The van der Waals surface area contributed by atoms with Crippen LogP contribution in [0.1, 0.15) is 17.2 Å². The van der Waals surface area contributed by atoms with E-state index in [1.54, 1.807) is 31.4 Å². The average Bonchev–Trinajstić information content (AvgIpc) is 3.11. The van der Waals surface area contributed by atoms with Crippen LogP contribution in [-0.2, 0) is 6.54 Å². The van der Waals surface area contributed by atoms with Crippen LogP contribution in [0, 0.1) is 5.92 Å². The van der Waals surface area contributed by atoms with Crippen LogP contribution in [0.3, 0.4) is 0 Å². The van der Waals surface area contributed by atoms with Gasteiger partial charge in [-0.25, -0.2) is 5.43 Å². The zero-order valence-corrected chi connectivity index (χ0v) is 14.5. The predicted molar refractivity (Wildman–Crippen MR) is 95.1 cm³/mol. The Bertz CT molecular complexity index is 680. The van der Waals surface area contributed by atoms with E-state index in [9.17, 15) is 8.78 Å². The van der Waals surface area contributed by atoms with Crippen molar-refractivity contribution in [3.8, 4) is 11.5 Å². The van der Waals surface area contributed by atoms with E-state index in [-0.39, 0.29) is 11.8 Å². The largest absolute Gasteiger partial charge is 0.497 e. The van der Waals surface area contributed by atoms with Gasteiger partial charge < -0.3 is 14.8 Å². The lowest BCUT2D eigenvalue weighted by molar-refractivity contribution is -0.0498. The fourth-order valence-electron chi connectivity index (χ4n) is 3.08. The number of nitrogens with one attached hydrogen (secondary N) is 3. The highest BCUT2D eigenvalue weighted by molar-refractivity contribution is 5.30. The molecule has 2 aromatic carbocycles. The van der Waals surface area contributed by atoms with Crippen LogP contribution in [0.4, 0.5) is 8.78 Å². The maximum Gasteiger partial charge on any atom is 0.387 e. The molecule has 3 N–H and O–H groups in total. The van der Waals surface area contributed by atoms with Gasteiger partial charge >= 0.3 is 6.61 Å². The van der Waals surface area contributed by atoms with E-state index in [2.05, 4.69) is 33.0 Å². The van der Waals surface area contributed by atoms with E-state index in [0.29, 0.717) is 12.5 Å². The van der Waals surface area contributed by atoms with Gasteiger partial charge in [0.1, 0.15) is 11.5 Å². The molecule has 5 nitrogen and oxygen atoms in total. The molecular formula is C19H23F2N3O2. The topological polar surface area (TPSA) is 54.5 Å². The Morgan fingerprint density at radius 2 is 1.77 bits per heavy atom. The SMILES string of the molecule is COc1ccc(C2NNCC2CNCc2ccc(OC(F)F)cc2)cc1. The quantitative estimate of drug-likeness (QED) is 0.673. The monoisotopic (exact) mass is 363 g/mol. The van der Waals surface area contributed by atoms with Crippen LogP contribution in [0.25, 0.3) is 0 Å². The molecule has 1 aliphatic heterocycles. The van der Waals surface area contributed by atoms with Crippen molar-refractivity contribution in [2.24, 2.45) is 5.92 Å². The van der Waals surface area contributed by atoms with E-state index in [4.69, 9.17) is 4.74 Å². The fraction of sp³-hybridized carbons (Fsp3) is 0.368. The summed E-state index contributed by atoms with van der Waals surface area (Å²) in [5.74, 6) is 1.41. The summed E-state index contributed by atoms with van der Waals surface area (Å²) in [4.78, 5) is 0. The van der Waals surface area contributed by atoms with Crippen molar-refractivity contribution in [2.75, 3.05) is 20.2 Å². The molecule has 1 heterocycles. The highest BCUT2D eigenvalue weighted by Gasteiger charge is 2.27. The van der Waals surface area contributed by atoms with E-state index in [1.165, 1.54) is 5.56 Å². The second-order valence-corrected chi connectivity index (χ2v) is 6.19. The molecule has 2 atom stereocenters. The minimum Gasteiger partial charge on any atom is -0.497 e. The number of ether oxygens (including phenoxy) is 2. The molecule has 1 aliphatic rings. The molecular weight excluding hydrogens is 340 g/mol. The van der Waals surface area contributed by atoms with Gasteiger partial charge in [0.05, 0.1) is 13.2 Å². The van der Waals surface area contributed by atoms with Gasteiger partial charge in [0.15, 0.2) is 0 Å². The van der Waals surface area contributed by atoms with Crippen molar-refractivity contribution in [2.45, 2.75) is 19.2 Å². The Morgan fingerprint density at radius 1 is 1.08 bits per heavy atom. The molecule has 0 amide bonds. The molecule has 0 saturated carbocycles. The van der Waals surface area contributed by atoms with Crippen LogP contribution in [0.15, 0.2) is 48.5 Å². The summed E-state index contributed by atoms with van der Waals surface area (Å²) >= 11 is 0. The summed E-state index contributed by atoms with van der Waals surface area (Å²) in [6, 6.07) is 15.0. The molecule has 2 unspecified atom stereocenters. The molecule has 1 saturated heterocycles. The number of hydrazine groups is 1. The van der Waals surface area contributed by atoms with Crippen LogP contribution >= 0.6 is 0 Å². The number of alkyl halides is 2. The van der Waals surface area contributed by atoms with Gasteiger partial charge in [0, 0.05) is 25.6 Å². The second kappa shape index (κ2) is 8.93. The number of rotatable bonds is 8. The molecule has 140 valence electrons. The van der Waals surface area contributed by atoms with Crippen molar-refractivity contribution in [3.05, 3.63) is 59.7 Å². The summed E-state index contributed by atoms with van der Waals surface area (Å²) in [6.45, 7) is -0.436. The van der Waals surface area contributed by atoms with Gasteiger partial charge in [-0.2, -0.15) is 8.78 Å². The summed E-state index contributed by atoms with van der Waals surface area (Å²) in [6.07, 6.45) is 0. The van der Waals surface area contributed by atoms with Crippen LogP contribution in [0.5, 0.6) is 11.5 Å². The van der Waals surface area contributed by atoms with Gasteiger partial charge in [-0.3, -0.25) is 5.43 Å². The van der Waals surface area contributed by atoms with Gasteiger partial charge in [-0.15, -0.1) is 0 Å². The van der Waals surface area contributed by atoms with Gasteiger partial charge in [-0.1, -0.05) is 24.3 Å². The number of halogens is 2. The predicted octanol–water partition coefficient (Wildman–Crippen LogP) is 2.85. The van der Waals surface area contributed by atoms with Crippen molar-refractivity contribution in [3.63, 3.8) is 0 Å². The van der Waals surface area contributed by atoms with E-state index >= 15 is 0 Å². The van der Waals surface area contributed by atoms with E-state index in [1.807, 2.05) is 12.1 Å². The zero-order valence-electron chi connectivity index (χ0n) is 14.5. The highest BCUT2D eigenvalue weighted by atomic mass is 19.3. The van der Waals surface area contributed by atoms with Crippen molar-refractivity contribution >= 4 is 0 Å². The molecule has 0 spiro atoms. The zero-order chi connectivity index (χ0) is 18.4. The lowest BCUT2D eigenvalue weighted by Gasteiger charge is -2.19. The van der Waals surface area contributed by atoms with Crippen molar-refractivity contribution in [1.29, 1.82) is 0 Å². The normalized spacial score (nSPS) is 19.7. The van der Waals surface area contributed by atoms with Crippen LogP contribution in [0.2, 0.25) is 0 Å². The smallest absolute Gasteiger partial charge is 0.387 e. The van der Waals surface area contributed by atoms with Crippen molar-refractivity contribution in [1.82, 2.24) is 16.2 Å². The first-order valence-electron chi connectivity index (χ1n) is 8.52. The molecule has 0 radical (unpaired) electrons. The maximum absolute atomic E-state index is 12.2. The van der Waals surface area contributed by atoms with Crippen LogP contribution in [-0.4, -0.2) is 26.8 Å². The van der Waals surface area contributed by atoms with Gasteiger partial charge in [-0.05, 0) is 35.4 Å². The minimum absolute atomic E-state index is 0.174. The van der Waals surface area contributed by atoms with Crippen LogP contribution < -0.4 is 25.6 Å². The third kappa shape index (κ3) is 4.91. The molecule has 2 aromatic rings. The fourth-order valence-corrected chi connectivity index (χ4v) is 3.08. The van der Waals surface area contributed by atoms with Gasteiger partial charge in [0.25, 0.3) is 0 Å². The summed E-state index contributed by atoms with van der Waals surface area (Å²) in [7, 11) is 1.66. The lowest BCUT2D eigenvalue weighted by atomic mass is 9.95. The highest BCUT2D eigenvalue weighted by Crippen LogP contribution is 2.26. The Labute approximate surface area is 151 Å². The molecule has 1 fully saturated rings. The molecule has 26 heavy (non-hydrogen) atoms. The van der Waals surface area contributed by atoms with E-state index < -0.39 is 6.61 Å². The Hall–Kier alpha value is -2.22. The molecule has 0 aromatic heterocycles. The summed E-state index contributed by atoms with van der Waals surface area (Å²) < 4.78 is 33.9. The minimum atomic E-state index is -2.80. The third-order valence-corrected chi connectivity index (χ3v) is 4.45. The molecule has 0 aliphatic carbocycles. The van der Waals surface area contributed by atoms with Crippen molar-refractivity contribution < 1.29 is 18.3 Å². The molecule has 0 bridgehead atoms. The Morgan fingerprint density at radius 3 is 2.42 bits per heavy atom. The molecule has 7 heteroatoms. The number of benzene rings is 2. The molecule has 3 rings (SSSR count). The second-order valence-electron chi connectivity index (χ2n) is 6.19. The number of hydrogen-bond donors (Lipinski definition) is 3. The first kappa shape index (κ1) is 18.6. The first-order chi connectivity index (χ1) is 12.7. The lowest BCUT2D eigenvalue weighted by Crippen LogP contribution is -2.28. The standard InChI is InChI=1S/C19H23F2N3O2/c1-25-16-8-4-14(5-9-16)18-15(12-23-24-18)11-22-10-13-2-6-17(7-3-13)26-19(20)21/h2-9,15,18-19,22-24H,10-12H2,1H3. The van der Waals surface area contributed by atoms with Gasteiger partial charge in [0.2, 0.25) is 0 Å². The van der Waals surface area contributed by atoms with E-state index in [0.717, 1.165) is 24.4 Å². The number of hydrogen-bond acceptors (Lipinski definition) is 5. The summed E-state index contributed by atoms with van der Waals surface area (Å²) in [5, 5.41) is 3.43. The maximum atomic E-state index is 12.2. The Kier molecular flexibility index (Phi) is 6.38. The first-order valence-corrected chi connectivity index (χ1v) is 8.52. The number of methoxy groups -OCH3 is 1. The Balaban J connectivity index is 1.50. The summed E-state index contributed by atoms with van der Waals surface area (Å²) in [5.41, 5.74) is 8.76. The third-order valence-electron chi connectivity index (χ3n) is 4.45.